The van der Waals surface area contributed by atoms with Crippen molar-refractivity contribution in [1.29, 1.82) is 0 Å². The van der Waals surface area contributed by atoms with Crippen LogP contribution in [0.15, 0.2) is 18.2 Å². The maximum Gasteiger partial charge on any atom is 0.222 e. The van der Waals surface area contributed by atoms with Crippen molar-refractivity contribution < 1.29 is 9.90 Å². The molecule has 4 heteroatoms. The molecule has 2 N–H and O–H groups in total. The molecule has 0 saturated heterocycles. The minimum atomic E-state index is 0.249. The van der Waals surface area contributed by atoms with Crippen LogP contribution in [0.2, 0.25) is 0 Å². The first kappa shape index (κ1) is 34.8. The molecule has 230 valence electrons. The summed E-state index contributed by atoms with van der Waals surface area (Å²) in [5, 5.41) is 12.5. The van der Waals surface area contributed by atoms with Crippen molar-refractivity contribution in [2.75, 3.05) is 20.7 Å². The summed E-state index contributed by atoms with van der Waals surface area (Å²) in [6.07, 6.45) is 27.4. The van der Waals surface area contributed by atoms with Crippen LogP contribution in [0, 0.1) is 0 Å². The van der Waals surface area contributed by atoms with Gasteiger partial charge in [0.05, 0.1) is 0 Å². The topological polar surface area (TPSA) is 52.6 Å². The number of nitrogens with one attached hydrogen (secondary N) is 1. The van der Waals surface area contributed by atoms with Crippen molar-refractivity contribution in [2.24, 2.45) is 0 Å². The summed E-state index contributed by atoms with van der Waals surface area (Å²) in [5.74, 6) is 0.938. The summed E-state index contributed by atoms with van der Waals surface area (Å²) < 4.78 is 0. The Morgan fingerprint density at radius 2 is 1.38 bits per heavy atom. The second-order valence-electron chi connectivity index (χ2n) is 12.6. The van der Waals surface area contributed by atoms with Crippen molar-refractivity contribution in [3.63, 3.8) is 0 Å². The van der Waals surface area contributed by atoms with Crippen LogP contribution < -0.4 is 5.32 Å². The molecule has 1 saturated carbocycles. The zero-order valence-corrected chi connectivity index (χ0v) is 26.7. The zero-order valence-electron chi connectivity index (χ0n) is 26.7. The standard InChI is InChI=1S/C36H64N2O2/c1-4-5-6-7-8-9-10-11-12-13-14-15-16-17-18-21-36(40)38(3)34-25-23-32(24-26-34)35-27-22-31(20-19-28-39)29-33(35)30-37-2/h22,27,29,32,34,37,39H,4-21,23-26,28,30H2,1-3H3/t32-,34-. The monoisotopic (exact) mass is 556 g/mol. The van der Waals surface area contributed by atoms with Crippen molar-refractivity contribution in [3.05, 3.63) is 34.9 Å². The van der Waals surface area contributed by atoms with E-state index < -0.39 is 0 Å². The van der Waals surface area contributed by atoms with Gasteiger partial charge in [0.2, 0.25) is 5.91 Å². The molecule has 1 aromatic rings. The third kappa shape index (κ3) is 14.0. The lowest BCUT2D eigenvalue weighted by Crippen LogP contribution is -2.39. The molecule has 1 aromatic carbocycles. The molecule has 1 aliphatic rings. The maximum atomic E-state index is 12.9. The number of carbonyl (C=O) groups excluding carboxylic acids is 1. The van der Waals surface area contributed by atoms with Gasteiger partial charge in [-0.2, -0.15) is 0 Å². The van der Waals surface area contributed by atoms with E-state index in [0.29, 0.717) is 17.9 Å². The summed E-state index contributed by atoms with van der Waals surface area (Å²) in [7, 11) is 4.06. The Morgan fingerprint density at radius 1 is 0.825 bits per heavy atom. The molecule has 0 heterocycles. The van der Waals surface area contributed by atoms with Gasteiger partial charge in [-0.15, -0.1) is 0 Å². The smallest absolute Gasteiger partial charge is 0.222 e. The van der Waals surface area contributed by atoms with Gasteiger partial charge in [-0.3, -0.25) is 4.79 Å². The van der Waals surface area contributed by atoms with Gasteiger partial charge in [-0.1, -0.05) is 115 Å². The van der Waals surface area contributed by atoms with E-state index in [2.05, 4.69) is 35.3 Å². The molecule has 1 fully saturated rings. The molecule has 0 radical (unpaired) electrons. The lowest BCUT2D eigenvalue weighted by molar-refractivity contribution is -0.132. The Bertz CT molecular complexity index is 772. The van der Waals surface area contributed by atoms with E-state index in [4.69, 9.17) is 0 Å². The van der Waals surface area contributed by atoms with Crippen molar-refractivity contribution >= 4 is 5.91 Å². The van der Waals surface area contributed by atoms with Crippen LogP contribution in [0.3, 0.4) is 0 Å². The number of aliphatic hydroxyl groups is 1. The predicted octanol–water partition coefficient (Wildman–Crippen LogP) is 9.08. The fourth-order valence-corrected chi connectivity index (χ4v) is 6.64. The highest BCUT2D eigenvalue weighted by Gasteiger charge is 2.28. The number of unbranched alkanes of at least 4 members (excludes halogenated alkanes) is 14. The summed E-state index contributed by atoms with van der Waals surface area (Å²) in [6.45, 7) is 3.43. The van der Waals surface area contributed by atoms with Crippen LogP contribution in [-0.4, -0.2) is 42.7 Å². The molecule has 1 amide bonds. The van der Waals surface area contributed by atoms with E-state index in [9.17, 15) is 9.90 Å². The van der Waals surface area contributed by atoms with Gasteiger partial charge in [0.25, 0.3) is 0 Å². The number of hydrogen-bond acceptors (Lipinski definition) is 3. The Labute approximate surface area is 248 Å². The van der Waals surface area contributed by atoms with Crippen molar-refractivity contribution in [2.45, 2.75) is 167 Å². The van der Waals surface area contributed by atoms with Crippen molar-refractivity contribution in [1.82, 2.24) is 10.2 Å². The number of aryl methyl sites for hydroxylation is 1. The summed E-state index contributed by atoms with van der Waals surface area (Å²) in [4.78, 5) is 15.0. The Balaban J connectivity index is 1.55. The molecule has 0 unspecified atom stereocenters. The number of hydrogen-bond donors (Lipinski definition) is 2. The molecule has 4 nitrogen and oxygen atoms in total. The minimum absolute atomic E-state index is 0.249. The van der Waals surface area contributed by atoms with E-state index in [1.54, 1.807) is 0 Å². The van der Waals surface area contributed by atoms with Gasteiger partial charge < -0.3 is 15.3 Å². The molecule has 0 atom stereocenters. The number of carbonyl (C=O) groups is 1. The number of rotatable bonds is 23. The van der Waals surface area contributed by atoms with Crippen molar-refractivity contribution in [3.8, 4) is 0 Å². The average Bonchev–Trinajstić information content (AvgIpc) is 2.98. The number of amides is 1. The predicted molar refractivity (Wildman–Crippen MR) is 172 cm³/mol. The third-order valence-electron chi connectivity index (χ3n) is 9.27. The second kappa shape index (κ2) is 22.2. The maximum absolute atomic E-state index is 12.9. The Hall–Kier alpha value is -1.39. The van der Waals surface area contributed by atoms with Gasteiger partial charge in [-0.05, 0) is 74.6 Å². The minimum Gasteiger partial charge on any atom is -0.396 e. The second-order valence-corrected chi connectivity index (χ2v) is 12.6. The van der Waals surface area contributed by atoms with E-state index in [1.807, 2.05) is 14.1 Å². The third-order valence-corrected chi connectivity index (χ3v) is 9.27. The quantitative estimate of drug-likeness (QED) is 0.132. The number of benzene rings is 1. The molecule has 40 heavy (non-hydrogen) atoms. The van der Waals surface area contributed by atoms with Gasteiger partial charge >= 0.3 is 0 Å². The van der Waals surface area contributed by atoms with Crippen LogP contribution in [0.1, 0.15) is 164 Å². The highest BCUT2D eigenvalue weighted by molar-refractivity contribution is 5.76. The lowest BCUT2D eigenvalue weighted by Gasteiger charge is -2.35. The van der Waals surface area contributed by atoms with E-state index in [1.165, 1.54) is 107 Å². The molecule has 0 aliphatic heterocycles. The average molecular weight is 557 g/mol. The van der Waals surface area contributed by atoms with Crippen LogP contribution in [0.5, 0.6) is 0 Å². The SMILES string of the molecule is CCCCCCCCCCCCCCCCCC(=O)N(C)[C@H]1CC[C@H](c2ccc(CCCO)cc2CNC)CC1. The Kier molecular flexibility index (Phi) is 19.4. The summed E-state index contributed by atoms with van der Waals surface area (Å²) in [6, 6.07) is 7.32. The fourth-order valence-electron chi connectivity index (χ4n) is 6.64. The van der Waals surface area contributed by atoms with Crippen LogP contribution in [0.4, 0.5) is 0 Å². The molecule has 0 spiro atoms. The Morgan fingerprint density at radius 3 is 1.90 bits per heavy atom. The number of nitrogens with zero attached hydrogens (tertiary/aromatic N) is 1. The highest BCUT2D eigenvalue weighted by Crippen LogP contribution is 2.36. The normalized spacial score (nSPS) is 17.3. The van der Waals surface area contributed by atoms with Gasteiger partial charge in [0.1, 0.15) is 0 Å². The molecular formula is C36H64N2O2. The lowest BCUT2D eigenvalue weighted by atomic mass is 9.79. The van der Waals surface area contributed by atoms with E-state index in [0.717, 1.165) is 57.9 Å². The summed E-state index contributed by atoms with van der Waals surface area (Å²) >= 11 is 0. The largest absolute Gasteiger partial charge is 0.396 e. The first-order chi connectivity index (χ1) is 19.6. The molecule has 2 rings (SSSR count). The molecular weight excluding hydrogens is 492 g/mol. The first-order valence-electron chi connectivity index (χ1n) is 17.2. The fraction of sp³-hybridized carbons (Fsp3) is 0.806. The molecule has 1 aliphatic carbocycles. The van der Waals surface area contributed by atoms with Crippen LogP contribution >= 0.6 is 0 Å². The summed E-state index contributed by atoms with van der Waals surface area (Å²) in [5.41, 5.74) is 4.20. The zero-order chi connectivity index (χ0) is 28.8. The van der Waals surface area contributed by atoms with E-state index in [-0.39, 0.29) is 6.61 Å². The molecule has 0 aromatic heterocycles. The van der Waals surface area contributed by atoms with Gasteiger partial charge in [-0.25, -0.2) is 0 Å². The van der Waals surface area contributed by atoms with Crippen LogP contribution in [0.25, 0.3) is 0 Å². The first-order valence-corrected chi connectivity index (χ1v) is 17.2. The number of aliphatic hydroxyl groups excluding tert-OH is 1. The van der Waals surface area contributed by atoms with Gasteiger partial charge in [0, 0.05) is 32.7 Å². The van der Waals surface area contributed by atoms with Crippen LogP contribution in [-0.2, 0) is 17.8 Å². The molecule has 0 bridgehead atoms. The van der Waals surface area contributed by atoms with E-state index >= 15 is 0 Å². The highest BCUT2D eigenvalue weighted by atomic mass is 16.2. The van der Waals surface area contributed by atoms with Gasteiger partial charge in [0.15, 0.2) is 0 Å².